The maximum absolute atomic E-state index is 5.56. The van der Waals surface area contributed by atoms with Crippen LogP contribution < -0.4 is 10.1 Å². The summed E-state index contributed by atoms with van der Waals surface area (Å²) in [6.07, 6.45) is 4.75. The lowest BCUT2D eigenvalue weighted by molar-refractivity contribution is 0.338. The second-order valence-electron chi connectivity index (χ2n) is 4.54. The number of pyridine rings is 1. The third kappa shape index (κ3) is 3.38. The highest BCUT2D eigenvalue weighted by atomic mass is 32.1. The van der Waals surface area contributed by atoms with Gasteiger partial charge >= 0.3 is 0 Å². The van der Waals surface area contributed by atoms with Gasteiger partial charge < -0.3 is 10.1 Å². The summed E-state index contributed by atoms with van der Waals surface area (Å²) in [4.78, 5) is 5.69. The Morgan fingerprint density at radius 2 is 2.15 bits per heavy atom. The van der Waals surface area contributed by atoms with Gasteiger partial charge in [-0.25, -0.2) is 0 Å². The topological polar surface area (TPSA) is 34.2 Å². The van der Waals surface area contributed by atoms with Gasteiger partial charge in [-0.05, 0) is 48.5 Å². The Labute approximate surface area is 125 Å². The molecule has 0 radical (unpaired) electrons. The molecule has 0 spiro atoms. The molecule has 0 amide bonds. The molecule has 2 rings (SSSR count). The van der Waals surface area contributed by atoms with Crippen LogP contribution in [0.25, 0.3) is 0 Å². The number of aromatic nitrogens is 1. The van der Waals surface area contributed by atoms with Crippen molar-refractivity contribution in [2.75, 3.05) is 13.2 Å². The van der Waals surface area contributed by atoms with E-state index in [1.807, 2.05) is 13.1 Å². The molecular weight excluding hydrogens is 268 g/mol. The Kier molecular flexibility index (Phi) is 5.56. The fourth-order valence-electron chi connectivity index (χ4n) is 2.30. The van der Waals surface area contributed by atoms with Gasteiger partial charge in [-0.15, -0.1) is 11.3 Å². The van der Waals surface area contributed by atoms with E-state index in [0.29, 0.717) is 6.61 Å². The molecule has 1 unspecified atom stereocenters. The van der Waals surface area contributed by atoms with Crippen molar-refractivity contribution in [1.29, 1.82) is 0 Å². The van der Waals surface area contributed by atoms with Crippen molar-refractivity contribution in [2.45, 2.75) is 33.2 Å². The number of rotatable bonds is 7. The van der Waals surface area contributed by atoms with E-state index in [4.69, 9.17) is 4.74 Å². The lowest BCUT2D eigenvalue weighted by Crippen LogP contribution is -2.22. The van der Waals surface area contributed by atoms with Crippen LogP contribution >= 0.6 is 11.3 Å². The van der Waals surface area contributed by atoms with Gasteiger partial charge in [-0.1, -0.05) is 13.8 Å². The van der Waals surface area contributed by atoms with Crippen LogP contribution in [0.1, 0.15) is 42.8 Å². The molecule has 0 saturated carbocycles. The monoisotopic (exact) mass is 290 g/mol. The van der Waals surface area contributed by atoms with E-state index in [9.17, 15) is 0 Å². The maximum Gasteiger partial charge on any atom is 0.137 e. The first-order valence-corrected chi connectivity index (χ1v) is 8.05. The predicted octanol–water partition coefficient (Wildman–Crippen LogP) is 3.80. The zero-order valence-corrected chi connectivity index (χ0v) is 13.2. The number of hydrogen-bond donors (Lipinski definition) is 1. The predicted molar refractivity (Wildman–Crippen MR) is 84.6 cm³/mol. The molecular formula is C16H22N2OS. The van der Waals surface area contributed by atoms with Crippen LogP contribution in [0.5, 0.6) is 5.75 Å². The van der Waals surface area contributed by atoms with Crippen molar-refractivity contribution in [3.63, 3.8) is 0 Å². The second-order valence-corrected chi connectivity index (χ2v) is 5.49. The summed E-state index contributed by atoms with van der Waals surface area (Å²) in [6, 6.07) is 4.50. The normalized spacial score (nSPS) is 12.3. The number of nitrogens with zero attached hydrogens (tertiary/aromatic N) is 1. The SMILES string of the molecule is CCNC(c1cncc(OCC)c1)c1sccc1CC. The molecule has 4 heteroatoms. The molecule has 0 bridgehead atoms. The van der Waals surface area contributed by atoms with E-state index in [1.54, 1.807) is 17.5 Å². The van der Waals surface area contributed by atoms with Crippen molar-refractivity contribution in [1.82, 2.24) is 10.3 Å². The molecule has 108 valence electrons. The van der Waals surface area contributed by atoms with E-state index in [0.717, 1.165) is 24.3 Å². The summed E-state index contributed by atoms with van der Waals surface area (Å²) >= 11 is 1.81. The molecule has 1 N–H and O–H groups in total. The number of hydrogen-bond acceptors (Lipinski definition) is 4. The van der Waals surface area contributed by atoms with Gasteiger partial charge in [0, 0.05) is 11.1 Å². The lowest BCUT2D eigenvalue weighted by Gasteiger charge is -2.19. The minimum absolute atomic E-state index is 0.197. The van der Waals surface area contributed by atoms with Gasteiger partial charge in [0.1, 0.15) is 5.75 Å². The molecule has 2 heterocycles. The molecule has 0 fully saturated rings. The number of thiophene rings is 1. The Bertz CT molecular complexity index is 539. The van der Waals surface area contributed by atoms with E-state index in [1.165, 1.54) is 10.4 Å². The fourth-order valence-corrected chi connectivity index (χ4v) is 3.40. The van der Waals surface area contributed by atoms with Crippen LogP contribution in [0.2, 0.25) is 0 Å². The molecule has 0 saturated heterocycles. The van der Waals surface area contributed by atoms with Crippen LogP contribution in [-0.4, -0.2) is 18.1 Å². The van der Waals surface area contributed by atoms with Gasteiger partial charge in [0.25, 0.3) is 0 Å². The van der Waals surface area contributed by atoms with Crippen molar-refractivity contribution in [3.05, 3.63) is 45.9 Å². The molecule has 2 aromatic rings. The zero-order valence-electron chi connectivity index (χ0n) is 12.3. The first-order valence-electron chi connectivity index (χ1n) is 7.17. The molecule has 20 heavy (non-hydrogen) atoms. The Hall–Kier alpha value is -1.39. The van der Waals surface area contributed by atoms with E-state index >= 15 is 0 Å². The lowest BCUT2D eigenvalue weighted by atomic mass is 10.0. The third-order valence-electron chi connectivity index (χ3n) is 3.21. The average Bonchev–Trinajstić information content (AvgIpc) is 2.93. The van der Waals surface area contributed by atoms with Crippen molar-refractivity contribution < 1.29 is 4.74 Å². The summed E-state index contributed by atoms with van der Waals surface area (Å²) in [5.41, 5.74) is 2.57. The largest absolute Gasteiger partial charge is 0.492 e. The minimum atomic E-state index is 0.197. The summed E-state index contributed by atoms with van der Waals surface area (Å²) in [7, 11) is 0. The second kappa shape index (κ2) is 7.41. The highest BCUT2D eigenvalue weighted by Gasteiger charge is 2.18. The fraction of sp³-hybridized carbons (Fsp3) is 0.438. The highest BCUT2D eigenvalue weighted by molar-refractivity contribution is 7.10. The first kappa shape index (κ1) is 15.0. The summed E-state index contributed by atoms with van der Waals surface area (Å²) in [5, 5.41) is 5.73. The van der Waals surface area contributed by atoms with Crippen LogP contribution in [0, 0.1) is 0 Å². The molecule has 0 aromatic carbocycles. The van der Waals surface area contributed by atoms with Crippen LogP contribution in [0.4, 0.5) is 0 Å². The van der Waals surface area contributed by atoms with Gasteiger partial charge in [0.15, 0.2) is 0 Å². The Morgan fingerprint density at radius 1 is 1.30 bits per heavy atom. The number of nitrogens with one attached hydrogen (secondary N) is 1. The van der Waals surface area contributed by atoms with E-state index in [-0.39, 0.29) is 6.04 Å². The first-order chi connectivity index (χ1) is 9.80. The Balaban J connectivity index is 2.35. The van der Waals surface area contributed by atoms with Crippen LogP contribution in [0.3, 0.4) is 0 Å². The zero-order chi connectivity index (χ0) is 14.4. The van der Waals surface area contributed by atoms with Gasteiger partial charge in [-0.3, -0.25) is 4.98 Å². The summed E-state index contributed by atoms with van der Waals surface area (Å²) in [6.45, 7) is 7.90. The third-order valence-corrected chi connectivity index (χ3v) is 4.23. The minimum Gasteiger partial charge on any atom is -0.492 e. The quantitative estimate of drug-likeness (QED) is 0.842. The van der Waals surface area contributed by atoms with Crippen molar-refractivity contribution >= 4 is 11.3 Å². The summed E-state index contributed by atoms with van der Waals surface area (Å²) in [5.74, 6) is 0.836. The average molecular weight is 290 g/mol. The van der Waals surface area contributed by atoms with E-state index in [2.05, 4.69) is 41.7 Å². The van der Waals surface area contributed by atoms with Crippen molar-refractivity contribution in [3.8, 4) is 5.75 Å². The maximum atomic E-state index is 5.56. The van der Waals surface area contributed by atoms with Gasteiger partial charge in [0.2, 0.25) is 0 Å². The Morgan fingerprint density at radius 3 is 2.85 bits per heavy atom. The highest BCUT2D eigenvalue weighted by Crippen LogP contribution is 2.31. The van der Waals surface area contributed by atoms with Crippen molar-refractivity contribution in [2.24, 2.45) is 0 Å². The summed E-state index contributed by atoms with van der Waals surface area (Å²) < 4.78 is 5.56. The number of ether oxygens (including phenoxy) is 1. The number of aryl methyl sites for hydroxylation is 1. The molecule has 1 atom stereocenters. The van der Waals surface area contributed by atoms with Gasteiger partial charge in [0.05, 0.1) is 18.8 Å². The smallest absolute Gasteiger partial charge is 0.137 e. The van der Waals surface area contributed by atoms with Crippen LogP contribution in [0.15, 0.2) is 29.9 Å². The standard InChI is InChI=1S/C16H22N2OS/c1-4-12-7-8-20-16(12)15(18-5-2)13-9-14(19-6-3)11-17-10-13/h7-11,15,18H,4-6H2,1-3H3. The molecule has 0 aliphatic heterocycles. The molecule has 0 aliphatic carbocycles. The van der Waals surface area contributed by atoms with Crippen LogP contribution in [-0.2, 0) is 6.42 Å². The van der Waals surface area contributed by atoms with E-state index < -0.39 is 0 Å². The molecule has 0 aliphatic rings. The van der Waals surface area contributed by atoms with Gasteiger partial charge in [-0.2, -0.15) is 0 Å². The molecule has 3 nitrogen and oxygen atoms in total. The molecule has 2 aromatic heterocycles.